The molecule has 1 N–H and O–H groups in total. The molecule has 0 spiro atoms. The molecule has 0 radical (unpaired) electrons. The van der Waals surface area contributed by atoms with Crippen LogP contribution in [0.2, 0.25) is 0 Å². The van der Waals surface area contributed by atoms with E-state index in [1.807, 2.05) is 43.3 Å². The fourth-order valence-electron chi connectivity index (χ4n) is 2.78. The molecule has 3 rings (SSSR count). The number of hydrogen-bond acceptors (Lipinski definition) is 4. The zero-order chi connectivity index (χ0) is 17.8. The molecule has 3 aromatic rings. The number of methoxy groups -OCH3 is 1. The highest BCUT2D eigenvalue weighted by molar-refractivity contribution is 5.95. The monoisotopic (exact) mass is 340 g/mol. The van der Waals surface area contributed by atoms with Crippen molar-refractivity contribution in [1.29, 1.82) is 0 Å². The Morgan fingerprint density at radius 3 is 2.76 bits per heavy atom. The van der Waals surface area contributed by atoms with E-state index in [4.69, 9.17) is 9.47 Å². The molecule has 0 aliphatic carbocycles. The van der Waals surface area contributed by atoms with Crippen molar-refractivity contribution in [2.75, 3.05) is 20.3 Å². The van der Waals surface area contributed by atoms with Gasteiger partial charge in [0.15, 0.2) is 0 Å². The van der Waals surface area contributed by atoms with Crippen LogP contribution in [0.15, 0.2) is 42.5 Å². The van der Waals surface area contributed by atoms with Gasteiger partial charge in [-0.15, -0.1) is 0 Å². The number of fused-ring (bicyclic) bond motifs is 1. The summed E-state index contributed by atoms with van der Waals surface area (Å²) in [6.07, 6.45) is 0. The average Bonchev–Trinajstić information content (AvgIpc) is 2.93. The Morgan fingerprint density at radius 2 is 2.04 bits per heavy atom. The van der Waals surface area contributed by atoms with Crippen molar-refractivity contribution in [3.05, 3.63) is 59.5 Å². The second kappa shape index (κ2) is 7.36. The van der Waals surface area contributed by atoms with E-state index in [1.54, 1.807) is 17.7 Å². The van der Waals surface area contributed by atoms with Gasteiger partial charge in [-0.25, -0.2) is 4.79 Å². The lowest BCUT2D eigenvalue weighted by Gasteiger charge is -2.09. The molecule has 0 aliphatic rings. The van der Waals surface area contributed by atoms with E-state index in [0.717, 1.165) is 22.3 Å². The van der Waals surface area contributed by atoms with Crippen molar-refractivity contribution in [3.8, 4) is 5.75 Å². The van der Waals surface area contributed by atoms with E-state index in [9.17, 15) is 9.90 Å². The SMILES string of the molecule is COCCOc1ccc2c(c1)cc(C(=O)O)n2Cc1cccc(C)n1. The minimum atomic E-state index is -0.967. The smallest absolute Gasteiger partial charge is 0.352 e. The van der Waals surface area contributed by atoms with Crippen LogP contribution in [0.3, 0.4) is 0 Å². The molecule has 6 nitrogen and oxygen atoms in total. The van der Waals surface area contributed by atoms with E-state index in [1.165, 1.54) is 0 Å². The summed E-state index contributed by atoms with van der Waals surface area (Å²) in [7, 11) is 1.62. The third-order valence-electron chi connectivity index (χ3n) is 3.91. The first kappa shape index (κ1) is 17.0. The predicted molar refractivity (Wildman–Crippen MR) is 94.3 cm³/mol. The number of rotatable bonds is 7. The molecule has 0 atom stereocenters. The second-order valence-corrected chi connectivity index (χ2v) is 5.75. The van der Waals surface area contributed by atoms with Crippen LogP contribution in [0.5, 0.6) is 5.75 Å². The van der Waals surface area contributed by atoms with Crippen LogP contribution >= 0.6 is 0 Å². The number of ether oxygens (including phenoxy) is 2. The molecular formula is C19H20N2O4. The number of aromatic nitrogens is 2. The van der Waals surface area contributed by atoms with Crippen molar-refractivity contribution in [3.63, 3.8) is 0 Å². The summed E-state index contributed by atoms with van der Waals surface area (Å²) in [4.78, 5) is 16.1. The number of carboxylic acid groups (broad SMARTS) is 1. The molecule has 0 amide bonds. The van der Waals surface area contributed by atoms with Crippen LogP contribution in [0.1, 0.15) is 21.9 Å². The first-order valence-corrected chi connectivity index (χ1v) is 7.99. The van der Waals surface area contributed by atoms with Gasteiger partial charge in [0.25, 0.3) is 0 Å². The molecule has 0 saturated heterocycles. The molecule has 0 fully saturated rings. The Bertz CT molecular complexity index is 902. The van der Waals surface area contributed by atoms with E-state index in [2.05, 4.69) is 4.98 Å². The number of nitrogens with zero attached hydrogens (tertiary/aromatic N) is 2. The maximum atomic E-state index is 11.7. The van der Waals surface area contributed by atoms with Crippen molar-refractivity contribution in [1.82, 2.24) is 9.55 Å². The Kier molecular flexibility index (Phi) is 5.00. The number of aromatic carboxylic acids is 1. The summed E-state index contributed by atoms with van der Waals surface area (Å²) in [6, 6.07) is 13.0. The Balaban J connectivity index is 1.98. The van der Waals surface area contributed by atoms with Gasteiger partial charge in [0, 0.05) is 23.7 Å². The molecular weight excluding hydrogens is 320 g/mol. The van der Waals surface area contributed by atoms with Crippen LogP contribution in [-0.4, -0.2) is 41.0 Å². The molecule has 2 aromatic heterocycles. The summed E-state index contributed by atoms with van der Waals surface area (Å²) in [6.45, 7) is 3.26. The summed E-state index contributed by atoms with van der Waals surface area (Å²) >= 11 is 0. The third kappa shape index (κ3) is 3.80. The quantitative estimate of drug-likeness (QED) is 0.669. The fraction of sp³-hybridized carbons (Fsp3) is 0.263. The molecule has 0 bridgehead atoms. The molecule has 6 heteroatoms. The first-order valence-electron chi connectivity index (χ1n) is 7.99. The maximum absolute atomic E-state index is 11.7. The number of aryl methyl sites for hydroxylation is 1. The zero-order valence-corrected chi connectivity index (χ0v) is 14.2. The minimum Gasteiger partial charge on any atom is -0.491 e. The standard InChI is InChI=1S/C19H20N2O4/c1-13-4-3-5-15(20-13)12-21-17-7-6-16(25-9-8-24-2)10-14(17)11-18(21)19(22)23/h3-7,10-11H,8-9,12H2,1-2H3,(H,22,23). The second-order valence-electron chi connectivity index (χ2n) is 5.75. The van der Waals surface area contributed by atoms with Gasteiger partial charge in [-0.2, -0.15) is 0 Å². The average molecular weight is 340 g/mol. The summed E-state index contributed by atoms with van der Waals surface area (Å²) in [5, 5.41) is 10.4. The van der Waals surface area contributed by atoms with Gasteiger partial charge in [0.05, 0.1) is 18.8 Å². The van der Waals surface area contributed by atoms with E-state index in [0.29, 0.717) is 25.5 Å². The number of hydrogen-bond donors (Lipinski definition) is 1. The molecule has 0 saturated carbocycles. The van der Waals surface area contributed by atoms with E-state index >= 15 is 0 Å². The fourth-order valence-corrected chi connectivity index (χ4v) is 2.78. The highest BCUT2D eigenvalue weighted by Crippen LogP contribution is 2.25. The van der Waals surface area contributed by atoms with Crippen molar-refractivity contribution in [2.45, 2.75) is 13.5 Å². The number of benzene rings is 1. The largest absolute Gasteiger partial charge is 0.491 e. The normalized spacial score (nSPS) is 11.0. The van der Waals surface area contributed by atoms with Gasteiger partial charge in [-0.05, 0) is 43.3 Å². The van der Waals surface area contributed by atoms with Crippen LogP contribution in [0.4, 0.5) is 0 Å². The van der Waals surface area contributed by atoms with Gasteiger partial charge in [0.2, 0.25) is 0 Å². The van der Waals surface area contributed by atoms with Gasteiger partial charge >= 0.3 is 5.97 Å². The number of pyridine rings is 1. The number of carboxylic acids is 1. The molecule has 1 aromatic carbocycles. The van der Waals surface area contributed by atoms with Gasteiger partial charge in [0.1, 0.15) is 18.1 Å². The third-order valence-corrected chi connectivity index (χ3v) is 3.91. The maximum Gasteiger partial charge on any atom is 0.352 e. The predicted octanol–water partition coefficient (Wildman–Crippen LogP) is 3.12. The lowest BCUT2D eigenvalue weighted by atomic mass is 10.2. The number of carbonyl (C=O) groups is 1. The highest BCUT2D eigenvalue weighted by atomic mass is 16.5. The summed E-state index contributed by atoms with van der Waals surface area (Å²) < 4.78 is 12.3. The van der Waals surface area contributed by atoms with E-state index in [-0.39, 0.29) is 5.69 Å². The van der Waals surface area contributed by atoms with E-state index < -0.39 is 5.97 Å². The molecule has 130 valence electrons. The van der Waals surface area contributed by atoms with Crippen LogP contribution in [0, 0.1) is 6.92 Å². The van der Waals surface area contributed by atoms with Crippen LogP contribution < -0.4 is 4.74 Å². The molecule has 0 unspecified atom stereocenters. The zero-order valence-electron chi connectivity index (χ0n) is 14.2. The lowest BCUT2D eigenvalue weighted by molar-refractivity contribution is 0.0686. The van der Waals surface area contributed by atoms with Gasteiger partial charge in [-0.3, -0.25) is 4.98 Å². The first-order chi connectivity index (χ1) is 12.1. The molecule has 0 aliphatic heterocycles. The molecule has 2 heterocycles. The topological polar surface area (TPSA) is 73.6 Å². The lowest BCUT2D eigenvalue weighted by Crippen LogP contribution is -2.10. The van der Waals surface area contributed by atoms with Crippen molar-refractivity contribution in [2.24, 2.45) is 0 Å². The highest BCUT2D eigenvalue weighted by Gasteiger charge is 2.16. The Labute approximate surface area is 145 Å². The minimum absolute atomic E-state index is 0.229. The Morgan fingerprint density at radius 1 is 1.20 bits per heavy atom. The van der Waals surface area contributed by atoms with Crippen molar-refractivity contribution < 1.29 is 19.4 Å². The Hall–Kier alpha value is -2.86. The van der Waals surface area contributed by atoms with Crippen LogP contribution in [0.25, 0.3) is 10.9 Å². The van der Waals surface area contributed by atoms with Gasteiger partial charge < -0.3 is 19.1 Å². The molecule has 25 heavy (non-hydrogen) atoms. The van der Waals surface area contributed by atoms with Gasteiger partial charge in [-0.1, -0.05) is 6.07 Å². The summed E-state index contributed by atoms with van der Waals surface area (Å²) in [5.74, 6) is -0.280. The summed E-state index contributed by atoms with van der Waals surface area (Å²) in [5.41, 5.74) is 2.78. The van der Waals surface area contributed by atoms with Crippen molar-refractivity contribution >= 4 is 16.9 Å². The van der Waals surface area contributed by atoms with Crippen LogP contribution in [-0.2, 0) is 11.3 Å².